The quantitative estimate of drug-likeness (QED) is 0.187. The van der Waals surface area contributed by atoms with Gasteiger partial charge in [-0.2, -0.15) is 0 Å². The SMILES string of the molecule is C=CC(=O)OCCCCCCCCCCCC.OCC(CO)(CO)CO. The predicted octanol–water partition coefficient (Wildman–Crippen LogP) is 2.58. The Balaban J connectivity index is 0. The topological polar surface area (TPSA) is 107 Å². The highest BCUT2D eigenvalue weighted by Gasteiger charge is 2.26. The maximum Gasteiger partial charge on any atom is 0.330 e. The third kappa shape index (κ3) is 16.5. The van der Waals surface area contributed by atoms with E-state index in [0.717, 1.165) is 6.42 Å². The van der Waals surface area contributed by atoms with Gasteiger partial charge in [0, 0.05) is 6.08 Å². The van der Waals surface area contributed by atoms with Crippen molar-refractivity contribution in [3.63, 3.8) is 0 Å². The molecular formula is C20H40O6. The number of hydrogen-bond acceptors (Lipinski definition) is 6. The lowest BCUT2D eigenvalue weighted by Gasteiger charge is -2.23. The second-order valence-electron chi connectivity index (χ2n) is 6.69. The van der Waals surface area contributed by atoms with Gasteiger partial charge in [-0.1, -0.05) is 71.3 Å². The molecule has 0 amide bonds. The van der Waals surface area contributed by atoms with E-state index in [1.165, 1.54) is 63.9 Å². The van der Waals surface area contributed by atoms with Gasteiger partial charge in [-0.15, -0.1) is 0 Å². The number of carbonyl (C=O) groups is 1. The van der Waals surface area contributed by atoms with Crippen LogP contribution in [0.4, 0.5) is 0 Å². The Morgan fingerprint density at radius 1 is 0.808 bits per heavy atom. The van der Waals surface area contributed by atoms with Gasteiger partial charge in [0.15, 0.2) is 0 Å². The Morgan fingerprint density at radius 3 is 1.50 bits per heavy atom. The molecule has 0 radical (unpaired) electrons. The number of aliphatic hydroxyl groups excluding tert-OH is 4. The average molecular weight is 377 g/mol. The van der Waals surface area contributed by atoms with Gasteiger partial charge < -0.3 is 25.2 Å². The van der Waals surface area contributed by atoms with Crippen LogP contribution in [0.1, 0.15) is 71.1 Å². The fourth-order valence-electron chi connectivity index (χ4n) is 2.12. The van der Waals surface area contributed by atoms with Gasteiger partial charge in [0.2, 0.25) is 0 Å². The van der Waals surface area contributed by atoms with Crippen LogP contribution in [0, 0.1) is 5.41 Å². The number of carbonyl (C=O) groups excluding carboxylic acids is 1. The van der Waals surface area contributed by atoms with Gasteiger partial charge in [0.1, 0.15) is 0 Å². The monoisotopic (exact) mass is 376 g/mol. The van der Waals surface area contributed by atoms with E-state index >= 15 is 0 Å². The summed E-state index contributed by atoms with van der Waals surface area (Å²) in [6.45, 7) is 4.52. The van der Waals surface area contributed by atoms with Crippen molar-refractivity contribution in [2.45, 2.75) is 71.1 Å². The normalized spacial score (nSPS) is 10.8. The number of esters is 1. The molecule has 0 aromatic rings. The highest BCUT2D eigenvalue weighted by Crippen LogP contribution is 2.12. The summed E-state index contributed by atoms with van der Waals surface area (Å²) in [5.74, 6) is -0.305. The molecule has 0 spiro atoms. The highest BCUT2D eigenvalue weighted by molar-refractivity contribution is 5.81. The summed E-state index contributed by atoms with van der Waals surface area (Å²) < 4.78 is 4.91. The van der Waals surface area contributed by atoms with Gasteiger partial charge >= 0.3 is 5.97 Å². The maximum atomic E-state index is 10.7. The van der Waals surface area contributed by atoms with Crippen LogP contribution in [0.5, 0.6) is 0 Å². The molecule has 0 aliphatic heterocycles. The maximum absolute atomic E-state index is 10.7. The smallest absolute Gasteiger partial charge is 0.330 e. The van der Waals surface area contributed by atoms with E-state index in [0.29, 0.717) is 6.61 Å². The molecule has 26 heavy (non-hydrogen) atoms. The summed E-state index contributed by atoms with van der Waals surface area (Å²) in [6, 6.07) is 0. The first kappa shape index (κ1) is 27.3. The minimum atomic E-state index is -1.11. The molecule has 156 valence electrons. The lowest BCUT2D eigenvalue weighted by molar-refractivity contribution is -0.137. The first-order chi connectivity index (χ1) is 12.6. The van der Waals surface area contributed by atoms with Crippen molar-refractivity contribution < 1.29 is 30.0 Å². The molecule has 0 saturated carbocycles. The Bertz CT molecular complexity index is 298. The molecule has 0 rings (SSSR count). The fourth-order valence-corrected chi connectivity index (χ4v) is 2.12. The molecule has 0 heterocycles. The molecule has 4 N–H and O–H groups in total. The van der Waals surface area contributed by atoms with Crippen LogP contribution in [0.3, 0.4) is 0 Å². The molecule has 0 unspecified atom stereocenters. The van der Waals surface area contributed by atoms with Gasteiger partial charge in [-0.25, -0.2) is 4.79 Å². The Hall–Kier alpha value is -0.950. The summed E-state index contributed by atoms with van der Waals surface area (Å²) in [4.78, 5) is 10.7. The largest absolute Gasteiger partial charge is 0.463 e. The molecule has 0 aliphatic carbocycles. The van der Waals surface area contributed by atoms with Crippen molar-refractivity contribution in [1.82, 2.24) is 0 Å². The van der Waals surface area contributed by atoms with E-state index in [2.05, 4.69) is 13.5 Å². The summed E-state index contributed by atoms with van der Waals surface area (Å²) in [5.41, 5.74) is -1.11. The second-order valence-corrected chi connectivity index (χ2v) is 6.69. The first-order valence-electron chi connectivity index (χ1n) is 9.78. The molecule has 6 heteroatoms. The van der Waals surface area contributed by atoms with E-state index in [1.54, 1.807) is 0 Å². The van der Waals surface area contributed by atoms with Gasteiger partial charge in [-0.3, -0.25) is 0 Å². The Labute approximate surface area is 158 Å². The molecule has 0 fully saturated rings. The third-order valence-electron chi connectivity index (χ3n) is 4.25. The summed E-state index contributed by atoms with van der Waals surface area (Å²) in [7, 11) is 0. The van der Waals surface area contributed by atoms with Crippen LogP contribution in [0.25, 0.3) is 0 Å². The minimum absolute atomic E-state index is 0.305. The van der Waals surface area contributed by atoms with E-state index < -0.39 is 31.8 Å². The van der Waals surface area contributed by atoms with E-state index in [9.17, 15) is 4.79 Å². The summed E-state index contributed by atoms with van der Waals surface area (Å²) >= 11 is 0. The van der Waals surface area contributed by atoms with Crippen LogP contribution < -0.4 is 0 Å². The molecule has 6 nitrogen and oxygen atoms in total. The van der Waals surface area contributed by atoms with Crippen LogP contribution in [-0.2, 0) is 9.53 Å². The zero-order valence-electron chi connectivity index (χ0n) is 16.5. The van der Waals surface area contributed by atoms with Crippen molar-refractivity contribution in [3.8, 4) is 0 Å². The standard InChI is InChI=1S/C15H28O2.C5H12O4/c1-3-5-6-7-8-9-10-11-12-13-14-17-15(16)4-2;6-1-5(2-7,3-8)4-9/h4H,2-3,5-14H2,1H3;6-9H,1-4H2. The number of unbranched alkanes of at least 4 members (excludes halogenated alkanes) is 9. The van der Waals surface area contributed by atoms with E-state index in [-0.39, 0.29) is 5.97 Å². The van der Waals surface area contributed by atoms with Gasteiger partial charge in [0.05, 0.1) is 38.4 Å². The van der Waals surface area contributed by atoms with Crippen LogP contribution in [0.2, 0.25) is 0 Å². The molecule has 0 aromatic carbocycles. The molecule has 0 bridgehead atoms. The number of ether oxygens (including phenoxy) is 1. The van der Waals surface area contributed by atoms with Crippen molar-refractivity contribution in [1.29, 1.82) is 0 Å². The minimum Gasteiger partial charge on any atom is -0.463 e. The van der Waals surface area contributed by atoms with Crippen LogP contribution in [-0.4, -0.2) is 59.4 Å². The van der Waals surface area contributed by atoms with E-state index in [1.807, 2.05) is 0 Å². The number of rotatable bonds is 16. The van der Waals surface area contributed by atoms with Crippen LogP contribution in [0.15, 0.2) is 12.7 Å². The number of aliphatic hydroxyl groups is 4. The van der Waals surface area contributed by atoms with E-state index in [4.69, 9.17) is 25.2 Å². The summed E-state index contributed by atoms with van der Waals surface area (Å²) in [5, 5.41) is 34.0. The number of hydrogen-bond donors (Lipinski definition) is 4. The zero-order valence-corrected chi connectivity index (χ0v) is 16.5. The summed E-state index contributed by atoms with van der Waals surface area (Å²) in [6.07, 6.45) is 14.2. The lowest BCUT2D eigenvalue weighted by atomic mass is 9.93. The highest BCUT2D eigenvalue weighted by atomic mass is 16.5. The first-order valence-corrected chi connectivity index (χ1v) is 9.78. The van der Waals surface area contributed by atoms with Crippen molar-refractivity contribution >= 4 is 5.97 Å². The van der Waals surface area contributed by atoms with Crippen LogP contribution >= 0.6 is 0 Å². The molecular weight excluding hydrogens is 336 g/mol. The third-order valence-corrected chi connectivity index (χ3v) is 4.25. The van der Waals surface area contributed by atoms with Gasteiger partial charge in [0.25, 0.3) is 0 Å². The second kappa shape index (κ2) is 20.4. The average Bonchev–Trinajstić information content (AvgIpc) is 2.68. The van der Waals surface area contributed by atoms with Crippen molar-refractivity contribution in [3.05, 3.63) is 12.7 Å². The fraction of sp³-hybridized carbons (Fsp3) is 0.850. The predicted molar refractivity (Wildman–Crippen MR) is 104 cm³/mol. The molecule has 0 aliphatic rings. The molecule has 0 saturated heterocycles. The molecule has 0 aromatic heterocycles. The lowest BCUT2D eigenvalue weighted by Crippen LogP contribution is -2.37. The van der Waals surface area contributed by atoms with Crippen molar-refractivity contribution in [2.24, 2.45) is 5.41 Å². The molecule has 0 atom stereocenters. The zero-order chi connectivity index (χ0) is 20.1. The van der Waals surface area contributed by atoms with Gasteiger partial charge in [-0.05, 0) is 6.42 Å². The Morgan fingerprint density at radius 2 is 1.19 bits per heavy atom. The Kier molecular flexibility index (Phi) is 21.4. The van der Waals surface area contributed by atoms with Crippen molar-refractivity contribution in [2.75, 3.05) is 33.0 Å².